The van der Waals surface area contributed by atoms with Crippen molar-refractivity contribution in [3.8, 4) is 32.5 Å². The lowest BCUT2D eigenvalue weighted by Gasteiger charge is -2.11. The van der Waals surface area contributed by atoms with Crippen molar-refractivity contribution in [2.75, 3.05) is 19.5 Å². The van der Waals surface area contributed by atoms with Crippen molar-refractivity contribution in [3.05, 3.63) is 84.1 Å². The molecule has 1 heterocycles. The Hall–Kier alpha value is -3.64. The number of thiazole rings is 1. The zero-order chi connectivity index (χ0) is 22.5. The molecule has 6 heteroatoms. The molecule has 0 saturated heterocycles. The average Bonchev–Trinajstić information content (AvgIpc) is 3.23. The molecule has 0 unspecified atom stereocenters. The number of ether oxygens (including phenoxy) is 2. The molecule has 1 aromatic heterocycles. The number of hydrogen-bond acceptors (Lipinski definition) is 5. The summed E-state index contributed by atoms with van der Waals surface area (Å²) in [5.41, 5.74) is 4.58. The summed E-state index contributed by atoms with van der Waals surface area (Å²) in [5.74, 6) is 1.04. The van der Waals surface area contributed by atoms with Crippen molar-refractivity contribution in [3.63, 3.8) is 0 Å². The summed E-state index contributed by atoms with van der Waals surface area (Å²) >= 11 is 1.60. The summed E-state index contributed by atoms with van der Waals surface area (Å²) in [6.45, 7) is 2.06. The number of nitrogens with one attached hydrogen (secondary N) is 1. The summed E-state index contributed by atoms with van der Waals surface area (Å²) in [4.78, 5) is 18.8. The zero-order valence-corrected chi connectivity index (χ0v) is 19.0. The fourth-order valence-corrected chi connectivity index (χ4v) is 4.46. The molecule has 162 valence electrons. The topological polar surface area (TPSA) is 60.5 Å². The maximum atomic E-state index is 13.0. The molecule has 1 N–H and O–H groups in total. The van der Waals surface area contributed by atoms with Crippen molar-refractivity contribution >= 4 is 22.9 Å². The third-order valence-corrected chi connectivity index (χ3v) is 6.24. The quantitative estimate of drug-likeness (QED) is 0.381. The molecule has 0 radical (unpaired) electrons. The first-order valence-electron chi connectivity index (χ1n) is 10.2. The monoisotopic (exact) mass is 444 g/mol. The molecule has 3 aromatic carbocycles. The van der Waals surface area contributed by atoms with Gasteiger partial charge in [0.15, 0.2) is 0 Å². The van der Waals surface area contributed by atoms with Crippen molar-refractivity contribution < 1.29 is 14.3 Å². The Labute approximate surface area is 191 Å². The lowest BCUT2D eigenvalue weighted by Crippen LogP contribution is -2.15. The van der Waals surface area contributed by atoms with E-state index in [1.54, 1.807) is 43.8 Å². The van der Waals surface area contributed by atoms with Gasteiger partial charge in [0.2, 0.25) is 5.91 Å². The number of aryl methyl sites for hydroxylation is 1. The van der Waals surface area contributed by atoms with E-state index in [4.69, 9.17) is 14.5 Å². The van der Waals surface area contributed by atoms with Gasteiger partial charge in [-0.05, 0) is 24.6 Å². The van der Waals surface area contributed by atoms with Gasteiger partial charge < -0.3 is 14.8 Å². The molecular formula is C26H24N2O3S. The second-order valence-corrected chi connectivity index (χ2v) is 8.32. The molecule has 0 atom stereocenters. The Balaban J connectivity index is 1.66. The molecule has 4 rings (SSSR count). The number of anilines is 1. The molecule has 0 aliphatic heterocycles. The van der Waals surface area contributed by atoms with Gasteiger partial charge >= 0.3 is 0 Å². The van der Waals surface area contributed by atoms with Gasteiger partial charge in [0.1, 0.15) is 16.5 Å². The van der Waals surface area contributed by atoms with E-state index in [1.165, 1.54) is 5.56 Å². The van der Waals surface area contributed by atoms with Crippen LogP contribution in [0.15, 0.2) is 72.8 Å². The SMILES string of the molecule is COc1ccc(OC)c(NC(=O)Cc2nc(-c3ccccc3)sc2-c2ccc(C)cc2)c1. The van der Waals surface area contributed by atoms with E-state index in [0.29, 0.717) is 17.2 Å². The number of carbonyl (C=O) groups is 1. The molecule has 0 saturated carbocycles. The highest BCUT2D eigenvalue weighted by molar-refractivity contribution is 7.18. The van der Waals surface area contributed by atoms with E-state index in [1.807, 2.05) is 30.3 Å². The van der Waals surface area contributed by atoms with E-state index in [-0.39, 0.29) is 12.3 Å². The highest BCUT2D eigenvalue weighted by Crippen LogP contribution is 2.36. The summed E-state index contributed by atoms with van der Waals surface area (Å²) in [6.07, 6.45) is 0.146. The molecule has 0 aliphatic carbocycles. The minimum Gasteiger partial charge on any atom is -0.497 e. The fourth-order valence-electron chi connectivity index (χ4n) is 3.36. The van der Waals surface area contributed by atoms with Crippen LogP contribution in [0, 0.1) is 6.92 Å². The van der Waals surface area contributed by atoms with Gasteiger partial charge in [0, 0.05) is 11.6 Å². The van der Waals surface area contributed by atoms with Crippen LogP contribution in [0.3, 0.4) is 0 Å². The number of nitrogens with zero attached hydrogens (tertiary/aromatic N) is 1. The second-order valence-electron chi connectivity index (χ2n) is 7.32. The highest BCUT2D eigenvalue weighted by Gasteiger charge is 2.18. The molecule has 0 aliphatic rings. The first-order chi connectivity index (χ1) is 15.6. The molecule has 0 fully saturated rings. The lowest BCUT2D eigenvalue weighted by molar-refractivity contribution is -0.115. The van der Waals surface area contributed by atoms with Crippen LogP contribution in [-0.4, -0.2) is 25.1 Å². The predicted molar refractivity (Wildman–Crippen MR) is 130 cm³/mol. The number of benzene rings is 3. The van der Waals surface area contributed by atoms with E-state index in [2.05, 4.69) is 36.5 Å². The summed E-state index contributed by atoms with van der Waals surface area (Å²) in [6, 6.07) is 23.6. The Morgan fingerprint density at radius 1 is 0.938 bits per heavy atom. The van der Waals surface area contributed by atoms with Crippen LogP contribution >= 0.6 is 11.3 Å². The number of methoxy groups -OCH3 is 2. The van der Waals surface area contributed by atoms with E-state index in [9.17, 15) is 4.79 Å². The Bertz CT molecular complexity index is 1220. The normalized spacial score (nSPS) is 10.6. The van der Waals surface area contributed by atoms with Crippen LogP contribution in [-0.2, 0) is 11.2 Å². The molecule has 0 spiro atoms. The van der Waals surface area contributed by atoms with Crippen LogP contribution < -0.4 is 14.8 Å². The third kappa shape index (κ3) is 4.81. The maximum Gasteiger partial charge on any atom is 0.230 e. The largest absolute Gasteiger partial charge is 0.497 e. The average molecular weight is 445 g/mol. The zero-order valence-electron chi connectivity index (χ0n) is 18.2. The minimum absolute atomic E-state index is 0.146. The standard InChI is InChI=1S/C26H24N2O3S/c1-17-9-11-18(12-10-17)25-22(28-26(32-25)19-7-5-4-6-8-19)16-24(29)27-21-15-20(30-2)13-14-23(21)31-3/h4-15H,16H2,1-3H3,(H,27,29). The number of aromatic nitrogens is 1. The van der Waals surface area contributed by atoms with Crippen LogP contribution in [0.2, 0.25) is 0 Å². The summed E-state index contributed by atoms with van der Waals surface area (Å²) < 4.78 is 10.7. The van der Waals surface area contributed by atoms with Gasteiger partial charge in [-0.3, -0.25) is 4.79 Å². The maximum absolute atomic E-state index is 13.0. The second kappa shape index (κ2) is 9.66. The number of amides is 1. The molecular weight excluding hydrogens is 420 g/mol. The van der Waals surface area contributed by atoms with Gasteiger partial charge in [-0.15, -0.1) is 11.3 Å². The Morgan fingerprint density at radius 3 is 2.38 bits per heavy atom. The van der Waals surface area contributed by atoms with Crippen molar-refractivity contribution in [2.24, 2.45) is 0 Å². The van der Waals surface area contributed by atoms with Crippen LogP contribution in [0.4, 0.5) is 5.69 Å². The van der Waals surface area contributed by atoms with Crippen molar-refractivity contribution in [2.45, 2.75) is 13.3 Å². The first-order valence-corrected chi connectivity index (χ1v) is 11.0. The van der Waals surface area contributed by atoms with E-state index >= 15 is 0 Å². The number of hydrogen-bond donors (Lipinski definition) is 1. The van der Waals surface area contributed by atoms with Gasteiger partial charge in [0.25, 0.3) is 0 Å². The van der Waals surface area contributed by atoms with E-state index in [0.717, 1.165) is 26.7 Å². The predicted octanol–water partition coefficient (Wildman–Crippen LogP) is 5.98. The van der Waals surface area contributed by atoms with Crippen LogP contribution in [0.1, 0.15) is 11.3 Å². The smallest absolute Gasteiger partial charge is 0.230 e. The Kier molecular flexibility index (Phi) is 6.52. The van der Waals surface area contributed by atoms with Gasteiger partial charge in [-0.1, -0.05) is 60.2 Å². The fraction of sp³-hybridized carbons (Fsp3) is 0.154. The molecule has 0 bridgehead atoms. The summed E-state index contributed by atoms with van der Waals surface area (Å²) in [5, 5.41) is 3.83. The molecule has 4 aromatic rings. The van der Waals surface area contributed by atoms with Gasteiger partial charge in [-0.25, -0.2) is 4.98 Å². The van der Waals surface area contributed by atoms with Crippen LogP contribution in [0.25, 0.3) is 21.0 Å². The van der Waals surface area contributed by atoms with Crippen molar-refractivity contribution in [1.82, 2.24) is 4.98 Å². The lowest BCUT2D eigenvalue weighted by atomic mass is 10.1. The van der Waals surface area contributed by atoms with Gasteiger partial charge in [0.05, 0.1) is 36.9 Å². The molecule has 5 nitrogen and oxygen atoms in total. The van der Waals surface area contributed by atoms with Crippen LogP contribution in [0.5, 0.6) is 11.5 Å². The first kappa shape index (κ1) is 21.6. The number of rotatable bonds is 7. The van der Waals surface area contributed by atoms with Gasteiger partial charge in [-0.2, -0.15) is 0 Å². The van der Waals surface area contributed by atoms with Crippen molar-refractivity contribution in [1.29, 1.82) is 0 Å². The Morgan fingerprint density at radius 2 is 1.69 bits per heavy atom. The van der Waals surface area contributed by atoms with E-state index < -0.39 is 0 Å². The minimum atomic E-state index is -0.171. The highest BCUT2D eigenvalue weighted by atomic mass is 32.1. The third-order valence-electron chi connectivity index (χ3n) is 5.04. The number of carbonyl (C=O) groups excluding carboxylic acids is 1. The molecule has 1 amide bonds. The summed E-state index contributed by atoms with van der Waals surface area (Å²) in [7, 11) is 3.15. The molecule has 32 heavy (non-hydrogen) atoms.